The second-order valence-corrected chi connectivity index (χ2v) is 7.60. The smallest absolute Gasteiger partial charge is 0.396 e. The van der Waals surface area contributed by atoms with E-state index in [1.165, 1.54) is 26.1 Å². The molecule has 1 aliphatic heterocycles. The first-order chi connectivity index (χ1) is 14.4. The summed E-state index contributed by atoms with van der Waals surface area (Å²) in [6.45, 7) is 0.759. The van der Waals surface area contributed by atoms with Crippen LogP contribution in [0.1, 0.15) is 17.7 Å². The number of nitrogens with zero attached hydrogens (tertiary/aromatic N) is 3. The Morgan fingerprint density at radius 3 is 2.58 bits per heavy atom. The molecule has 3 rings (SSSR count). The van der Waals surface area contributed by atoms with Crippen LogP contribution < -0.4 is 9.80 Å². The maximum atomic E-state index is 13.5. The van der Waals surface area contributed by atoms with E-state index >= 15 is 0 Å². The van der Waals surface area contributed by atoms with E-state index in [0.29, 0.717) is 6.07 Å². The highest BCUT2D eigenvalue weighted by molar-refractivity contribution is 6.31. The number of carbonyl (C=O) groups is 2. The topological polar surface area (TPSA) is 73.7 Å². The molecular weight excluding hydrogens is 442 g/mol. The summed E-state index contributed by atoms with van der Waals surface area (Å²) in [5, 5.41) is 9.31. The molecule has 1 aromatic carbocycles. The van der Waals surface area contributed by atoms with Crippen LogP contribution in [0.2, 0.25) is 5.02 Å². The van der Waals surface area contributed by atoms with Crippen LogP contribution in [0.5, 0.6) is 0 Å². The van der Waals surface area contributed by atoms with E-state index < -0.39 is 47.9 Å². The van der Waals surface area contributed by atoms with E-state index in [2.05, 4.69) is 4.98 Å². The summed E-state index contributed by atoms with van der Waals surface area (Å²) >= 11 is 5.77. The van der Waals surface area contributed by atoms with Crippen LogP contribution in [-0.4, -0.2) is 41.6 Å². The highest BCUT2D eigenvalue weighted by atomic mass is 35.5. The average molecular weight is 460 g/mol. The number of anilines is 2. The number of hydrogen-bond donors (Lipinski definition) is 1. The molecule has 0 aliphatic carbocycles. The van der Waals surface area contributed by atoms with E-state index in [1.54, 1.807) is 0 Å². The number of benzene rings is 1. The molecule has 0 radical (unpaired) electrons. The molecule has 1 fully saturated rings. The van der Waals surface area contributed by atoms with Gasteiger partial charge in [0.15, 0.2) is 0 Å². The molecule has 2 amide bonds. The maximum absolute atomic E-state index is 13.5. The second-order valence-electron chi connectivity index (χ2n) is 7.19. The Bertz CT molecular complexity index is 1030. The molecule has 0 bridgehead atoms. The fourth-order valence-corrected chi connectivity index (χ4v) is 3.62. The third-order valence-corrected chi connectivity index (χ3v) is 5.34. The Morgan fingerprint density at radius 2 is 2.00 bits per heavy atom. The van der Waals surface area contributed by atoms with Crippen molar-refractivity contribution in [2.45, 2.75) is 25.6 Å². The lowest BCUT2D eigenvalue weighted by atomic mass is 10.1. The van der Waals surface area contributed by atoms with Crippen molar-refractivity contribution < 1.29 is 32.3 Å². The Labute approximate surface area is 180 Å². The molecule has 2 atom stereocenters. The summed E-state index contributed by atoms with van der Waals surface area (Å²) < 4.78 is 53.2. The molecule has 0 saturated carbocycles. The second kappa shape index (κ2) is 8.43. The van der Waals surface area contributed by atoms with Crippen LogP contribution in [0.3, 0.4) is 0 Å². The zero-order chi connectivity index (χ0) is 23.1. The van der Waals surface area contributed by atoms with Crippen LogP contribution in [0, 0.1) is 18.7 Å². The van der Waals surface area contributed by atoms with E-state index in [4.69, 9.17) is 11.6 Å². The highest BCUT2D eigenvalue weighted by Gasteiger charge is 2.46. The van der Waals surface area contributed by atoms with Crippen molar-refractivity contribution in [2.24, 2.45) is 5.92 Å². The van der Waals surface area contributed by atoms with Crippen molar-refractivity contribution in [2.75, 3.05) is 23.5 Å². The number of aliphatic hydroxyl groups is 1. The first-order valence-electron chi connectivity index (χ1n) is 9.16. The standard InChI is InChI=1S/C20H18ClF4N3O3/c1-10-5-12(20(23,24)25)7-17(26-10)28-16(6-11(9-29)18(28)30)19(31)27(2)13-3-4-15(22)14(21)8-13/h3-5,7-8,11,16,29H,6,9H2,1-2H3/t11-,16+/m1/s1. The number of carbonyl (C=O) groups excluding carboxylic acids is 2. The Morgan fingerprint density at radius 1 is 1.32 bits per heavy atom. The predicted octanol–water partition coefficient (Wildman–Crippen LogP) is 3.58. The quantitative estimate of drug-likeness (QED) is 0.709. The van der Waals surface area contributed by atoms with Gasteiger partial charge in [0.2, 0.25) is 11.8 Å². The van der Waals surface area contributed by atoms with Gasteiger partial charge in [-0.2, -0.15) is 13.2 Å². The predicted molar refractivity (Wildman–Crippen MR) is 105 cm³/mol. The Kier molecular flexibility index (Phi) is 6.24. The number of aryl methyl sites for hydroxylation is 1. The molecule has 2 heterocycles. The molecule has 1 N–H and O–H groups in total. The number of likely N-dealkylation sites (N-methyl/N-ethyl adjacent to an activating group) is 1. The summed E-state index contributed by atoms with van der Waals surface area (Å²) in [6, 6.07) is 3.89. The molecule has 0 unspecified atom stereocenters. The number of amides is 2. The monoisotopic (exact) mass is 459 g/mol. The Hall–Kier alpha value is -2.72. The molecule has 2 aromatic rings. The van der Waals surface area contributed by atoms with E-state index in [0.717, 1.165) is 21.9 Å². The van der Waals surface area contributed by atoms with Crippen molar-refractivity contribution in [3.8, 4) is 0 Å². The minimum atomic E-state index is -4.68. The van der Waals surface area contributed by atoms with Gasteiger partial charge in [-0.15, -0.1) is 0 Å². The molecule has 1 aliphatic rings. The highest BCUT2D eigenvalue weighted by Crippen LogP contribution is 2.36. The lowest BCUT2D eigenvalue weighted by molar-refractivity contribution is -0.137. The molecule has 1 aromatic heterocycles. The summed E-state index contributed by atoms with van der Waals surface area (Å²) in [7, 11) is 1.37. The lowest BCUT2D eigenvalue weighted by Crippen LogP contribution is -2.46. The molecule has 0 spiro atoms. The third kappa shape index (κ3) is 4.49. The fourth-order valence-electron chi connectivity index (χ4n) is 3.45. The fraction of sp³-hybridized carbons (Fsp3) is 0.350. The van der Waals surface area contributed by atoms with Gasteiger partial charge in [-0.05, 0) is 43.7 Å². The van der Waals surface area contributed by atoms with Gasteiger partial charge in [0.05, 0.1) is 23.1 Å². The molecule has 166 valence electrons. The van der Waals surface area contributed by atoms with Gasteiger partial charge in [0, 0.05) is 18.4 Å². The SMILES string of the molecule is Cc1cc(C(F)(F)F)cc(N2C(=O)[C@@H](CO)C[C@H]2C(=O)N(C)c2ccc(F)c(Cl)c2)n1. The van der Waals surface area contributed by atoms with Gasteiger partial charge in [-0.1, -0.05) is 11.6 Å². The van der Waals surface area contributed by atoms with Gasteiger partial charge in [-0.3, -0.25) is 14.5 Å². The number of aromatic nitrogens is 1. The maximum Gasteiger partial charge on any atom is 0.416 e. The van der Waals surface area contributed by atoms with Gasteiger partial charge in [-0.25, -0.2) is 9.37 Å². The summed E-state index contributed by atoms with van der Waals surface area (Å²) in [5.74, 6) is -3.36. The van der Waals surface area contributed by atoms with Crippen LogP contribution >= 0.6 is 11.6 Å². The number of hydrogen-bond acceptors (Lipinski definition) is 4. The van der Waals surface area contributed by atoms with Gasteiger partial charge >= 0.3 is 6.18 Å². The van der Waals surface area contributed by atoms with E-state index in [9.17, 15) is 32.3 Å². The molecule has 31 heavy (non-hydrogen) atoms. The molecular formula is C20H18ClF4N3O3. The molecule has 11 heteroatoms. The lowest BCUT2D eigenvalue weighted by Gasteiger charge is -2.28. The van der Waals surface area contributed by atoms with Crippen molar-refractivity contribution in [1.82, 2.24) is 4.98 Å². The van der Waals surface area contributed by atoms with Crippen molar-refractivity contribution in [1.29, 1.82) is 0 Å². The van der Waals surface area contributed by atoms with Crippen molar-refractivity contribution in [3.63, 3.8) is 0 Å². The van der Waals surface area contributed by atoms with Crippen LogP contribution in [0.15, 0.2) is 30.3 Å². The minimum absolute atomic E-state index is 0.00921. The summed E-state index contributed by atoms with van der Waals surface area (Å²) in [5.41, 5.74) is -0.778. The van der Waals surface area contributed by atoms with Gasteiger partial charge < -0.3 is 10.0 Å². The van der Waals surface area contributed by atoms with E-state index in [-0.39, 0.29) is 28.6 Å². The zero-order valence-corrected chi connectivity index (χ0v) is 17.2. The van der Waals surface area contributed by atoms with Crippen LogP contribution in [0.25, 0.3) is 0 Å². The van der Waals surface area contributed by atoms with Gasteiger partial charge in [0.25, 0.3) is 0 Å². The number of pyridine rings is 1. The first kappa shape index (κ1) is 23.0. The number of halogens is 5. The van der Waals surface area contributed by atoms with Crippen LogP contribution in [-0.2, 0) is 15.8 Å². The number of alkyl halides is 3. The number of aliphatic hydroxyl groups excluding tert-OH is 1. The Balaban J connectivity index is 2.02. The number of rotatable bonds is 4. The zero-order valence-electron chi connectivity index (χ0n) is 16.5. The van der Waals surface area contributed by atoms with Gasteiger partial charge in [0.1, 0.15) is 17.7 Å². The molecule has 6 nitrogen and oxygen atoms in total. The van der Waals surface area contributed by atoms with Crippen molar-refractivity contribution in [3.05, 3.63) is 52.4 Å². The minimum Gasteiger partial charge on any atom is -0.396 e. The molecule has 1 saturated heterocycles. The largest absolute Gasteiger partial charge is 0.416 e. The van der Waals surface area contributed by atoms with Crippen LogP contribution in [0.4, 0.5) is 29.1 Å². The summed E-state index contributed by atoms with van der Waals surface area (Å²) in [4.78, 5) is 32.0. The van der Waals surface area contributed by atoms with Crippen molar-refractivity contribution >= 4 is 34.9 Å². The third-order valence-electron chi connectivity index (χ3n) is 5.05. The average Bonchev–Trinajstić information content (AvgIpc) is 3.04. The normalized spacial score (nSPS) is 19.1. The first-order valence-corrected chi connectivity index (χ1v) is 9.54. The summed E-state index contributed by atoms with van der Waals surface area (Å²) in [6.07, 6.45) is -4.80. The van der Waals surface area contributed by atoms with E-state index in [1.807, 2.05) is 0 Å².